The number of rotatable bonds is 4. The normalized spacial score (nSPS) is 15.4. The molecule has 1 fully saturated rings. The van der Waals surface area contributed by atoms with E-state index >= 15 is 0 Å². The van der Waals surface area contributed by atoms with Crippen LogP contribution in [0.3, 0.4) is 0 Å². The highest BCUT2D eigenvalue weighted by atomic mass is 16.5. The molecule has 1 saturated carbocycles. The average molecular weight is 430 g/mol. The van der Waals surface area contributed by atoms with Gasteiger partial charge in [0, 0.05) is 23.0 Å². The van der Waals surface area contributed by atoms with Gasteiger partial charge in [0.1, 0.15) is 5.75 Å². The minimum Gasteiger partial charge on any atom is -0.490 e. The number of primary amides is 1. The second-order valence-electron chi connectivity index (χ2n) is 8.54. The zero-order valence-corrected chi connectivity index (χ0v) is 18.4. The summed E-state index contributed by atoms with van der Waals surface area (Å²) >= 11 is 0. The van der Waals surface area contributed by atoms with Crippen LogP contribution in [0.2, 0.25) is 0 Å². The summed E-state index contributed by atoms with van der Waals surface area (Å²) in [6.07, 6.45) is 11.8. The molecule has 0 aliphatic heterocycles. The quantitative estimate of drug-likeness (QED) is 0.549. The third-order valence-electron chi connectivity index (χ3n) is 6.21. The molecule has 2 aliphatic carbocycles. The van der Waals surface area contributed by atoms with Gasteiger partial charge in [-0.1, -0.05) is 24.3 Å². The van der Waals surface area contributed by atoms with Crippen LogP contribution in [0.25, 0.3) is 11.3 Å². The molecule has 0 atom stereocenters. The molecule has 2 aromatic carbocycles. The summed E-state index contributed by atoms with van der Waals surface area (Å²) < 4.78 is 6.00. The fourth-order valence-electron chi connectivity index (χ4n) is 4.44. The third kappa shape index (κ3) is 5.47. The van der Waals surface area contributed by atoms with Crippen molar-refractivity contribution in [3.05, 3.63) is 77.5 Å². The number of fused-ring (bicyclic) bond motifs is 1. The SMILES string of the molecule is NC(=O)c1ccnc(-c2cc(OC3CCCC3)ccc2N)c1.c1ccc2c(c1)CCCC2. The van der Waals surface area contributed by atoms with Crippen LogP contribution in [-0.4, -0.2) is 17.0 Å². The number of carbonyl (C=O) groups excluding carboxylic acids is 1. The molecule has 1 heterocycles. The van der Waals surface area contributed by atoms with Gasteiger partial charge in [0.05, 0.1) is 11.8 Å². The topological polar surface area (TPSA) is 91.2 Å². The predicted molar refractivity (Wildman–Crippen MR) is 129 cm³/mol. The van der Waals surface area contributed by atoms with E-state index in [1.165, 1.54) is 38.5 Å². The molecule has 4 N–H and O–H groups in total. The van der Waals surface area contributed by atoms with E-state index in [1.54, 1.807) is 35.5 Å². The third-order valence-corrected chi connectivity index (χ3v) is 6.21. The molecule has 0 unspecified atom stereocenters. The van der Waals surface area contributed by atoms with Crippen LogP contribution >= 0.6 is 0 Å². The summed E-state index contributed by atoms with van der Waals surface area (Å²) in [4.78, 5) is 15.6. The van der Waals surface area contributed by atoms with E-state index in [-0.39, 0.29) is 6.10 Å². The molecule has 3 aromatic rings. The van der Waals surface area contributed by atoms with Gasteiger partial charge < -0.3 is 16.2 Å². The first-order chi connectivity index (χ1) is 15.6. The molecule has 1 amide bonds. The van der Waals surface area contributed by atoms with Crippen molar-refractivity contribution in [2.75, 3.05) is 5.73 Å². The molecule has 1 aromatic heterocycles. The Labute approximate surface area is 189 Å². The Hall–Kier alpha value is -3.34. The minimum absolute atomic E-state index is 0.279. The lowest BCUT2D eigenvalue weighted by Crippen LogP contribution is -2.11. The standard InChI is InChI=1S/C17H19N3O2.C10H12/c18-15-6-5-13(22-12-3-1-2-4-12)10-14(15)16-9-11(17(19)21)7-8-20-16;1-2-6-10-8-4-3-7-9(10)5-1/h5-10,12H,1-4,18H2,(H2,19,21);1-2,5-6H,3-4,7-8H2. The van der Waals surface area contributed by atoms with Crippen molar-refractivity contribution >= 4 is 11.6 Å². The first kappa shape index (κ1) is 21.9. The molecule has 5 rings (SSSR count). The number of benzene rings is 2. The number of pyridine rings is 1. The number of aromatic nitrogens is 1. The van der Waals surface area contributed by atoms with Crippen LogP contribution in [0.1, 0.15) is 60.0 Å². The van der Waals surface area contributed by atoms with Gasteiger partial charge in [0.2, 0.25) is 5.91 Å². The highest BCUT2D eigenvalue weighted by Gasteiger charge is 2.17. The number of amides is 1. The van der Waals surface area contributed by atoms with E-state index < -0.39 is 5.91 Å². The van der Waals surface area contributed by atoms with Crippen molar-refractivity contribution < 1.29 is 9.53 Å². The molecule has 2 aliphatic rings. The van der Waals surface area contributed by atoms with Crippen molar-refractivity contribution in [2.45, 2.75) is 57.5 Å². The Balaban J connectivity index is 0.000000203. The minimum atomic E-state index is -0.486. The van der Waals surface area contributed by atoms with Gasteiger partial charge in [-0.15, -0.1) is 0 Å². The van der Waals surface area contributed by atoms with E-state index in [0.717, 1.165) is 24.2 Å². The smallest absolute Gasteiger partial charge is 0.248 e. The van der Waals surface area contributed by atoms with E-state index in [4.69, 9.17) is 16.2 Å². The van der Waals surface area contributed by atoms with Crippen LogP contribution in [0.5, 0.6) is 5.75 Å². The lowest BCUT2D eigenvalue weighted by atomic mass is 9.92. The number of hydrogen-bond donors (Lipinski definition) is 2. The number of ether oxygens (including phenoxy) is 1. The summed E-state index contributed by atoms with van der Waals surface area (Å²) in [6, 6.07) is 17.6. The van der Waals surface area contributed by atoms with Crippen molar-refractivity contribution in [1.82, 2.24) is 4.98 Å². The lowest BCUT2D eigenvalue weighted by Gasteiger charge is -2.15. The Morgan fingerprint density at radius 3 is 2.25 bits per heavy atom. The number of hydrogen-bond acceptors (Lipinski definition) is 4. The van der Waals surface area contributed by atoms with Crippen LogP contribution in [0, 0.1) is 0 Å². The first-order valence-electron chi connectivity index (χ1n) is 11.5. The van der Waals surface area contributed by atoms with Gasteiger partial charge in [-0.3, -0.25) is 9.78 Å². The second-order valence-corrected chi connectivity index (χ2v) is 8.54. The number of anilines is 1. The summed E-state index contributed by atoms with van der Waals surface area (Å²) in [5, 5.41) is 0. The second kappa shape index (κ2) is 10.3. The highest BCUT2D eigenvalue weighted by Crippen LogP contribution is 2.31. The summed E-state index contributed by atoms with van der Waals surface area (Å²) in [6.45, 7) is 0. The van der Waals surface area contributed by atoms with Crippen LogP contribution < -0.4 is 16.2 Å². The molecule has 166 valence electrons. The Kier molecular flexibility index (Phi) is 7.05. The molecule has 0 spiro atoms. The average Bonchev–Trinajstić information content (AvgIpc) is 3.34. The molecular weight excluding hydrogens is 398 g/mol. The first-order valence-corrected chi connectivity index (χ1v) is 11.5. The maximum atomic E-state index is 11.3. The number of nitrogens with two attached hydrogens (primary N) is 2. The summed E-state index contributed by atoms with van der Waals surface area (Å²) in [5.74, 6) is 0.294. The van der Waals surface area contributed by atoms with Gasteiger partial charge in [0.15, 0.2) is 0 Å². The van der Waals surface area contributed by atoms with Gasteiger partial charge in [0.25, 0.3) is 0 Å². The van der Waals surface area contributed by atoms with E-state index in [2.05, 4.69) is 29.2 Å². The molecule has 0 saturated heterocycles. The number of nitrogens with zero attached hydrogens (tertiary/aromatic N) is 1. The van der Waals surface area contributed by atoms with Gasteiger partial charge in [-0.2, -0.15) is 0 Å². The zero-order chi connectivity index (χ0) is 22.3. The highest BCUT2D eigenvalue weighted by molar-refractivity contribution is 5.94. The molecular formula is C27H31N3O2. The molecule has 0 bridgehead atoms. The van der Waals surface area contributed by atoms with Crippen LogP contribution in [-0.2, 0) is 12.8 Å². The summed E-state index contributed by atoms with van der Waals surface area (Å²) in [7, 11) is 0. The molecule has 0 radical (unpaired) electrons. The van der Waals surface area contributed by atoms with Crippen LogP contribution in [0.15, 0.2) is 60.8 Å². The Morgan fingerprint density at radius 1 is 0.906 bits per heavy atom. The van der Waals surface area contributed by atoms with Crippen molar-refractivity contribution in [3.63, 3.8) is 0 Å². The molecule has 5 heteroatoms. The van der Waals surface area contributed by atoms with Crippen molar-refractivity contribution in [1.29, 1.82) is 0 Å². The van der Waals surface area contributed by atoms with Gasteiger partial charge in [-0.05, 0) is 92.8 Å². The van der Waals surface area contributed by atoms with Gasteiger partial charge in [-0.25, -0.2) is 0 Å². The number of carbonyl (C=O) groups is 1. The largest absolute Gasteiger partial charge is 0.490 e. The fraction of sp³-hybridized carbons (Fsp3) is 0.333. The van der Waals surface area contributed by atoms with E-state index in [9.17, 15) is 4.79 Å². The maximum Gasteiger partial charge on any atom is 0.248 e. The monoisotopic (exact) mass is 429 g/mol. The number of nitrogen functional groups attached to an aromatic ring is 1. The lowest BCUT2D eigenvalue weighted by molar-refractivity contribution is 0.1000. The summed E-state index contributed by atoms with van der Waals surface area (Å²) in [5.41, 5.74) is 16.9. The number of aryl methyl sites for hydroxylation is 2. The van der Waals surface area contributed by atoms with Crippen molar-refractivity contribution in [2.24, 2.45) is 5.73 Å². The predicted octanol–water partition coefficient (Wildman–Crippen LogP) is 5.32. The zero-order valence-electron chi connectivity index (χ0n) is 18.4. The van der Waals surface area contributed by atoms with Crippen molar-refractivity contribution in [3.8, 4) is 17.0 Å². The Bertz CT molecular complexity index is 1050. The Morgan fingerprint density at radius 2 is 1.59 bits per heavy atom. The van der Waals surface area contributed by atoms with E-state index in [0.29, 0.717) is 16.9 Å². The van der Waals surface area contributed by atoms with E-state index in [1.807, 2.05) is 12.1 Å². The molecule has 32 heavy (non-hydrogen) atoms. The van der Waals surface area contributed by atoms with Crippen LogP contribution in [0.4, 0.5) is 5.69 Å². The van der Waals surface area contributed by atoms with Gasteiger partial charge >= 0.3 is 0 Å². The fourth-order valence-corrected chi connectivity index (χ4v) is 4.44. The molecule has 5 nitrogen and oxygen atoms in total. The maximum absolute atomic E-state index is 11.3.